The fraction of sp³-hybridized carbons (Fsp3) is 0.600. The van der Waals surface area contributed by atoms with Crippen molar-refractivity contribution in [2.45, 2.75) is 84.5 Å². The minimum atomic E-state index is 0.187. The summed E-state index contributed by atoms with van der Waals surface area (Å²) in [4.78, 5) is 0. The molecule has 0 radical (unpaired) electrons. The third kappa shape index (κ3) is 4.68. The number of rotatable bonds is 6. The highest BCUT2D eigenvalue weighted by Gasteiger charge is 2.41. The van der Waals surface area contributed by atoms with Crippen LogP contribution in [0.15, 0.2) is 66.3 Å². The lowest BCUT2D eigenvalue weighted by atomic mass is 9.59. The second kappa shape index (κ2) is 9.71. The quantitative estimate of drug-likeness (QED) is 0.417. The molecule has 0 amide bonds. The molecular weight excluding hydrogens is 360 g/mol. The van der Waals surface area contributed by atoms with Gasteiger partial charge in [-0.25, -0.2) is 0 Å². The van der Waals surface area contributed by atoms with Crippen LogP contribution in [0, 0.1) is 29.1 Å². The summed E-state index contributed by atoms with van der Waals surface area (Å²) in [6, 6.07) is 11.0. The number of hydrogen-bond acceptors (Lipinski definition) is 0. The average molecular weight is 403 g/mol. The van der Waals surface area contributed by atoms with Crippen molar-refractivity contribution in [1.82, 2.24) is 0 Å². The molecule has 1 fully saturated rings. The van der Waals surface area contributed by atoms with Crippen molar-refractivity contribution in [1.29, 1.82) is 0 Å². The smallest absolute Gasteiger partial charge is 0.0300 e. The Balaban J connectivity index is 1.56. The fourth-order valence-electron chi connectivity index (χ4n) is 6.26. The Labute approximate surface area is 185 Å². The van der Waals surface area contributed by atoms with Crippen molar-refractivity contribution in [2.75, 3.05) is 0 Å². The van der Waals surface area contributed by atoms with E-state index in [2.05, 4.69) is 81.5 Å². The second-order valence-electron chi connectivity index (χ2n) is 10.7. The molecule has 0 heteroatoms. The molecule has 0 bridgehead atoms. The van der Waals surface area contributed by atoms with Crippen LogP contribution in [0.3, 0.4) is 0 Å². The Morgan fingerprint density at radius 1 is 0.967 bits per heavy atom. The molecule has 1 saturated carbocycles. The molecule has 1 aromatic rings. The van der Waals surface area contributed by atoms with Crippen LogP contribution in [-0.2, 0) is 0 Å². The van der Waals surface area contributed by atoms with Crippen molar-refractivity contribution in [2.24, 2.45) is 29.1 Å². The lowest BCUT2D eigenvalue weighted by molar-refractivity contribution is 0.204. The van der Waals surface area contributed by atoms with Crippen molar-refractivity contribution < 1.29 is 0 Å². The Kier molecular flexibility index (Phi) is 7.01. The van der Waals surface area contributed by atoms with E-state index in [1.165, 1.54) is 63.4 Å². The van der Waals surface area contributed by atoms with E-state index >= 15 is 0 Å². The van der Waals surface area contributed by atoms with Crippen LogP contribution in [0.25, 0.3) is 0 Å². The summed E-state index contributed by atoms with van der Waals surface area (Å²) in [6.45, 7) is 7.22. The zero-order chi connectivity index (χ0) is 21.0. The molecule has 1 aromatic carbocycles. The van der Waals surface area contributed by atoms with E-state index in [-0.39, 0.29) is 5.41 Å². The maximum Gasteiger partial charge on any atom is 0.0300 e. The maximum atomic E-state index is 2.67. The first-order valence-corrected chi connectivity index (χ1v) is 12.7. The monoisotopic (exact) mass is 402 g/mol. The molecule has 3 aliphatic carbocycles. The molecule has 0 aromatic heterocycles. The number of allylic oxidation sites excluding steroid dienone is 6. The zero-order valence-electron chi connectivity index (χ0n) is 19.5. The van der Waals surface area contributed by atoms with Gasteiger partial charge in [-0.15, -0.1) is 0 Å². The molecule has 4 rings (SSSR count). The van der Waals surface area contributed by atoms with Gasteiger partial charge in [-0.3, -0.25) is 0 Å². The van der Waals surface area contributed by atoms with E-state index in [9.17, 15) is 0 Å². The van der Waals surface area contributed by atoms with Crippen LogP contribution in [0.5, 0.6) is 0 Å². The summed E-state index contributed by atoms with van der Waals surface area (Å²) < 4.78 is 0. The summed E-state index contributed by atoms with van der Waals surface area (Å²) in [5.74, 6) is 3.91. The van der Waals surface area contributed by atoms with Gasteiger partial charge in [0, 0.05) is 11.3 Å². The number of benzene rings is 1. The lowest BCUT2D eigenvalue weighted by Gasteiger charge is -2.45. The SMILES string of the molecule is CCC(C)CC1CC=C(C2([C@H]3CC[C@H](C)CC3)C=CC(c3ccccc3)C=C2)CC1. The van der Waals surface area contributed by atoms with E-state index in [1.807, 2.05) is 0 Å². The molecule has 0 spiro atoms. The van der Waals surface area contributed by atoms with Gasteiger partial charge in [0.2, 0.25) is 0 Å². The second-order valence-corrected chi connectivity index (χ2v) is 10.7. The molecule has 0 nitrogen and oxygen atoms in total. The van der Waals surface area contributed by atoms with Gasteiger partial charge in [-0.05, 0) is 67.8 Å². The van der Waals surface area contributed by atoms with Crippen molar-refractivity contribution in [3.8, 4) is 0 Å². The summed E-state index contributed by atoms with van der Waals surface area (Å²) in [7, 11) is 0. The van der Waals surface area contributed by atoms with Crippen molar-refractivity contribution in [3.05, 3.63) is 71.8 Å². The summed E-state index contributed by atoms with van der Waals surface area (Å²) >= 11 is 0. The van der Waals surface area contributed by atoms with Gasteiger partial charge in [0.1, 0.15) is 0 Å². The highest BCUT2D eigenvalue weighted by molar-refractivity contribution is 5.41. The topological polar surface area (TPSA) is 0 Å². The molecule has 2 unspecified atom stereocenters. The van der Waals surface area contributed by atoms with Crippen LogP contribution in [0.1, 0.15) is 90.0 Å². The average Bonchev–Trinajstić information content (AvgIpc) is 2.80. The Hall–Kier alpha value is -1.56. The molecular formula is C30H42. The first-order chi connectivity index (χ1) is 14.6. The Morgan fingerprint density at radius 2 is 1.67 bits per heavy atom. The van der Waals surface area contributed by atoms with Gasteiger partial charge in [0.15, 0.2) is 0 Å². The third-order valence-electron chi connectivity index (χ3n) is 8.54. The van der Waals surface area contributed by atoms with Crippen LogP contribution >= 0.6 is 0 Å². The van der Waals surface area contributed by atoms with E-state index in [0.29, 0.717) is 5.92 Å². The third-order valence-corrected chi connectivity index (χ3v) is 8.54. The van der Waals surface area contributed by atoms with E-state index in [1.54, 1.807) is 5.57 Å². The minimum absolute atomic E-state index is 0.187. The zero-order valence-corrected chi connectivity index (χ0v) is 19.5. The Morgan fingerprint density at radius 3 is 2.27 bits per heavy atom. The van der Waals surface area contributed by atoms with Gasteiger partial charge in [-0.1, -0.05) is 106 Å². The van der Waals surface area contributed by atoms with Gasteiger partial charge in [-0.2, -0.15) is 0 Å². The molecule has 2 atom stereocenters. The molecule has 30 heavy (non-hydrogen) atoms. The van der Waals surface area contributed by atoms with E-state index < -0.39 is 0 Å². The molecule has 0 saturated heterocycles. The van der Waals surface area contributed by atoms with Gasteiger partial charge in [0.05, 0.1) is 0 Å². The predicted molar refractivity (Wildman–Crippen MR) is 131 cm³/mol. The van der Waals surface area contributed by atoms with Crippen LogP contribution in [0.4, 0.5) is 0 Å². The van der Waals surface area contributed by atoms with Crippen molar-refractivity contribution in [3.63, 3.8) is 0 Å². The van der Waals surface area contributed by atoms with E-state index in [4.69, 9.17) is 0 Å². The molecule has 0 aliphatic heterocycles. The largest absolute Gasteiger partial charge is 0.0839 e. The molecule has 0 N–H and O–H groups in total. The van der Waals surface area contributed by atoms with Gasteiger partial charge in [0.25, 0.3) is 0 Å². The first kappa shape index (κ1) is 21.7. The Bertz CT molecular complexity index is 742. The minimum Gasteiger partial charge on any atom is -0.0839 e. The van der Waals surface area contributed by atoms with Gasteiger partial charge >= 0.3 is 0 Å². The fourth-order valence-corrected chi connectivity index (χ4v) is 6.26. The number of hydrogen-bond donors (Lipinski definition) is 0. The highest BCUT2D eigenvalue weighted by Crippen LogP contribution is 2.52. The maximum absolute atomic E-state index is 2.67. The van der Waals surface area contributed by atoms with Crippen LogP contribution in [0.2, 0.25) is 0 Å². The summed E-state index contributed by atoms with van der Waals surface area (Å²) in [5, 5.41) is 0. The first-order valence-electron chi connectivity index (χ1n) is 12.7. The molecule has 0 heterocycles. The van der Waals surface area contributed by atoms with Gasteiger partial charge < -0.3 is 0 Å². The highest BCUT2D eigenvalue weighted by atomic mass is 14.4. The van der Waals surface area contributed by atoms with Crippen LogP contribution < -0.4 is 0 Å². The summed E-state index contributed by atoms with van der Waals surface area (Å²) in [6.07, 6.45) is 25.3. The predicted octanol–water partition coefficient (Wildman–Crippen LogP) is 8.87. The standard InChI is InChI=1S/C30H42/c1-4-23(2)22-25-12-16-29(17-13-25)30(28-14-10-24(3)11-15-28)20-18-27(19-21-30)26-8-6-5-7-9-26/h5-9,16,18-21,23-25,27-28H,4,10-15,17,22H2,1-3H3/t23?,24-,25?,27?,28-,30?. The van der Waals surface area contributed by atoms with E-state index in [0.717, 1.165) is 23.7 Å². The van der Waals surface area contributed by atoms with Crippen LogP contribution in [-0.4, -0.2) is 0 Å². The lowest BCUT2D eigenvalue weighted by Crippen LogP contribution is -2.34. The molecule has 162 valence electrons. The summed E-state index contributed by atoms with van der Waals surface area (Å²) in [5.41, 5.74) is 3.34. The molecule has 3 aliphatic rings. The normalized spacial score (nSPS) is 35.1. The van der Waals surface area contributed by atoms with Crippen molar-refractivity contribution >= 4 is 0 Å².